The molecule has 0 fully saturated rings. The van der Waals surface area contributed by atoms with Gasteiger partial charge in [-0.1, -0.05) is 23.7 Å². The SMILES string of the molecule is CC(NS(=O)(=O)N(C)C)c1ccc(Cl)cc1. The molecule has 1 aromatic rings. The average Bonchev–Trinajstić information content (AvgIpc) is 2.17. The molecule has 0 aromatic heterocycles. The maximum atomic E-state index is 11.6. The highest BCUT2D eigenvalue weighted by molar-refractivity contribution is 7.87. The van der Waals surface area contributed by atoms with E-state index in [1.165, 1.54) is 14.1 Å². The van der Waals surface area contributed by atoms with Gasteiger partial charge in [-0.05, 0) is 24.6 Å². The molecule has 0 aliphatic heterocycles. The summed E-state index contributed by atoms with van der Waals surface area (Å²) in [6, 6.07) is 6.77. The van der Waals surface area contributed by atoms with Crippen molar-refractivity contribution < 1.29 is 8.42 Å². The van der Waals surface area contributed by atoms with Crippen LogP contribution in [0.5, 0.6) is 0 Å². The highest BCUT2D eigenvalue weighted by Crippen LogP contribution is 2.16. The van der Waals surface area contributed by atoms with Crippen LogP contribution in [0.1, 0.15) is 18.5 Å². The Morgan fingerprint density at radius 2 is 1.75 bits per heavy atom. The first-order chi connectivity index (χ1) is 7.33. The lowest BCUT2D eigenvalue weighted by atomic mass is 10.1. The quantitative estimate of drug-likeness (QED) is 0.900. The van der Waals surface area contributed by atoms with Crippen molar-refractivity contribution in [1.29, 1.82) is 0 Å². The van der Waals surface area contributed by atoms with Gasteiger partial charge in [0.2, 0.25) is 0 Å². The number of hydrogen-bond donors (Lipinski definition) is 1. The van der Waals surface area contributed by atoms with Crippen molar-refractivity contribution in [3.8, 4) is 0 Å². The van der Waals surface area contributed by atoms with Crippen LogP contribution in [0.2, 0.25) is 5.02 Å². The van der Waals surface area contributed by atoms with Gasteiger partial charge in [0.1, 0.15) is 0 Å². The topological polar surface area (TPSA) is 49.4 Å². The zero-order valence-corrected chi connectivity index (χ0v) is 11.0. The summed E-state index contributed by atoms with van der Waals surface area (Å²) in [5.41, 5.74) is 0.870. The fourth-order valence-electron chi connectivity index (χ4n) is 1.15. The van der Waals surface area contributed by atoms with E-state index in [1.54, 1.807) is 31.2 Å². The Kier molecular flexibility index (Phi) is 4.32. The molecule has 0 saturated carbocycles. The molecule has 0 radical (unpaired) electrons. The Balaban J connectivity index is 2.81. The molecule has 0 amide bonds. The lowest BCUT2D eigenvalue weighted by Crippen LogP contribution is -2.37. The number of benzene rings is 1. The van der Waals surface area contributed by atoms with E-state index in [0.717, 1.165) is 9.87 Å². The Morgan fingerprint density at radius 3 is 2.19 bits per heavy atom. The Bertz CT molecular complexity index is 442. The molecule has 1 N–H and O–H groups in total. The Labute approximate surface area is 101 Å². The van der Waals surface area contributed by atoms with Crippen molar-refractivity contribution in [2.24, 2.45) is 0 Å². The Morgan fingerprint density at radius 1 is 1.25 bits per heavy atom. The van der Waals surface area contributed by atoms with E-state index in [0.29, 0.717) is 5.02 Å². The minimum atomic E-state index is -3.41. The van der Waals surface area contributed by atoms with Crippen LogP contribution in [0.15, 0.2) is 24.3 Å². The van der Waals surface area contributed by atoms with Crippen molar-refractivity contribution in [2.75, 3.05) is 14.1 Å². The molecule has 16 heavy (non-hydrogen) atoms. The maximum Gasteiger partial charge on any atom is 0.279 e. The molecule has 6 heteroatoms. The third-order valence-corrected chi connectivity index (χ3v) is 4.04. The zero-order chi connectivity index (χ0) is 12.3. The molecular formula is C10H15ClN2O2S. The van der Waals surface area contributed by atoms with Gasteiger partial charge in [0.05, 0.1) is 0 Å². The molecule has 0 heterocycles. The van der Waals surface area contributed by atoms with Gasteiger partial charge in [-0.2, -0.15) is 17.4 Å². The number of rotatable bonds is 4. The van der Waals surface area contributed by atoms with E-state index >= 15 is 0 Å². The summed E-state index contributed by atoms with van der Waals surface area (Å²) in [7, 11) is -0.439. The summed E-state index contributed by atoms with van der Waals surface area (Å²) in [5, 5.41) is 0.631. The second-order valence-corrected chi connectivity index (χ2v) is 6.03. The normalized spacial score (nSPS) is 14.1. The minimum Gasteiger partial charge on any atom is -0.195 e. The van der Waals surface area contributed by atoms with Crippen LogP contribution in [-0.4, -0.2) is 26.8 Å². The van der Waals surface area contributed by atoms with E-state index in [9.17, 15) is 8.42 Å². The van der Waals surface area contributed by atoms with Crippen LogP contribution in [0, 0.1) is 0 Å². The minimum absolute atomic E-state index is 0.287. The lowest BCUT2D eigenvalue weighted by molar-refractivity contribution is 0.494. The van der Waals surface area contributed by atoms with Crippen molar-refractivity contribution in [3.05, 3.63) is 34.9 Å². The van der Waals surface area contributed by atoms with Crippen molar-refractivity contribution in [2.45, 2.75) is 13.0 Å². The van der Waals surface area contributed by atoms with Gasteiger partial charge in [-0.25, -0.2) is 0 Å². The van der Waals surface area contributed by atoms with Gasteiger partial charge in [-0.3, -0.25) is 0 Å². The molecule has 1 rings (SSSR count). The highest BCUT2D eigenvalue weighted by Gasteiger charge is 2.17. The third-order valence-electron chi connectivity index (χ3n) is 2.18. The largest absolute Gasteiger partial charge is 0.279 e. The maximum absolute atomic E-state index is 11.6. The van der Waals surface area contributed by atoms with E-state index in [-0.39, 0.29) is 6.04 Å². The fraction of sp³-hybridized carbons (Fsp3) is 0.400. The molecule has 0 saturated heterocycles. The van der Waals surface area contributed by atoms with Crippen LogP contribution < -0.4 is 4.72 Å². The number of nitrogens with one attached hydrogen (secondary N) is 1. The highest BCUT2D eigenvalue weighted by atomic mass is 35.5. The molecule has 1 atom stereocenters. The summed E-state index contributed by atoms with van der Waals surface area (Å²) in [6.07, 6.45) is 0. The van der Waals surface area contributed by atoms with Crippen LogP contribution in [-0.2, 0) is 10.2 Å². The van der Waals surface area contributed by atoms with E-state index in [4.69, 9.17) is 11.6 Å². The monoisotopic (exact) mass is 262 g/mol. The molecule has 4 nitrogen and oxygen atoms in total. The van der Waals surface area contributed by atoms with Crippen molar-refractivity contribution in [1.82, 2.24) is 9.03 Å². The Hall–Kier alpha value is -0.620. The van der Waals surface area contributed by atoms with Crippen molar-refractivity contribution in [3.63, 3.8) is 0 Å². The summed E-state index contributed by atoms with van der Waals surface area (Å²) in [5.74, 6) is 0. The van der Waals surface area contributed by atoms with E-state index in [2.05, 4.69) is 4.72 Å². The van der Waals surface area contributed by atoms with Gasteiger partial charge in [0.25, 0.3) is 10.2 Å². The summed E-state index contributed by atoms with van der Waals surface area (Å²) >= 11 is 5.75. The van der Waals surface area contributed by atoms with E-state index < -0.39 is 10.2 Å². The van der Waals surface area contributed by atoms with Crippen molar-refractivity contribution >= 4 is 21.8 Å². The number of halogens is 1. The second-order valence-electron chi connectivity index (χ2n) is 3.68. The number of nitrogens with zero attached hydrogens (tertiary/aromatic N) is 1. The first kappa shape index (κ1) is 13.4. The second kappa shape index (κ2) is 5.14. The number of hydrogen-bond acceptors (Lipinski definition) is 2. The standard InChI is InChI=1S/C10H15ClN2O2S/c1-8(12-16(14,15)13(2)3)9-4-6-10(11)7-5-9/h4-8,12H,1-3H3. The van der Waals surface area contributed by atoms with Crippen LogP contribution in [0.25, 0.3) is 0 Å². The molecular weight excluding hydrogens is 248 g/mol. The summed E-state index contributed by atoms with van der Waals surface area (Å²) in [4.78, 5) is 0. The van der Waals surface area contributed by atoms with Gasteiger partial charge in [0, 0.05) is 25.2 Å². The molecule has 0 aliphatic carbocycles. The third kappa shape index (κ3) is 3.45. The predicted octanol–water partition coefficient (Wildman–Crippen LogP) is 1.80. The molecule has 1 unspecified atom stereocenters. The molecule has 1 aromatic carbocycles. The molecule has 0 aliphatic rings. The first-order valence-corrected chi connectivity index (χ1v) is 6.60. The van der Waals surface area contributed by atoms with Gasteiger partial charge in [0.15, 0.2) is 0 Å². The average molecular weight is 263 g/mol. The summed E-state index contributed by atoms with van der Waals surface area (Å²) in [6.45, 7) is 1.78. The van der Waals surface area contributed by atoms with Crippen LogP contribution >= 0.6 is 11.6 Å². The zero-order valence-electron chi connectivity index (χ0n) is 9.44. The summed E-state index contributed by atoms with van der Waals surface area (Å²) < 4.78 is 26.8. The van der Waals surface area contributed by atoms with Crippen LogP contribution in [0.3, 0.4) is 0 Å². The molecule has 90 valence electrons. The lowest BCUT2D eigenvalue weighted by Gasteiger charge is -2.18. The van der Waals surface area contributed by atoms with Gasteiger partial charge < -0.3 is 0 Å². The van der Waals surface area contributed by atoms with Gasteiger partial charge >= 0.3 is 0 Å². The predicted molar refractivity (Wildman–Crippen MR) is 65.6 cm³/mol. The van der Waals surface area contributed by atoms with E-state index in [1.807, 2.05) is 0 Å². The van der Waals surface area contributed by atoms with Crippen LogP contribution in [0.4, 0.5) is 0 Å². The van der Waals surface area contributed by atoms with Gasteiger partial charge in [-0.15, -0.1) is 0 Å². The fourth-order valence-corrected chi connectivity index (χ4v) is 2.07. The first-order valence-electron chi connectivity index (χ1n) is 4.78. The molecule has 0 bridgehead atoms. The smallest absolute Gasteiger partial charge is 0.195 e. The molecule has 0 spiro atoms.